The van der Waals surface area contributed by atoms with Gasteiger partial charge in [0.1, 0.15) is 11.4 Å². The molecule has 27 heavy (non-hydrogen) atoms. The molecule has 1 spiro atoms. The summed E-state index contributed by atoms with van der Waals surface area (Å²) in [5.41, 5.74) is 2.73. The van der Waals surface area contributed by atoms with Gasteiger partial charge in [-0.25, -0.2) is 0 Å². The number of benzene rings is 1. The summed E-state index contributed by atoms with van der Waals surface area (Å²) in [5.74, 6) is 1.19. The number of phenols is 1. The highest BCUT2D eigenvalue weighted by atomic mass is 16.7. The van der Waals surface area contributed by atoms with Gasteiger partial charge < -0.3 is 14.6 Å². The number of hydrogen-bond acceptors (Lipinski definition) is 3. The fourth-order valence-electron chi connectivity index (χ4n) is 6.73. The van der Waals surface area contributed by atoms with Gasteiger partial charge in [0, 0.05) is 17.8 Å². The Balaban J connectivity index is 1.71. The summed E-state index contributed by atoms with van der Waals surface area (Å²) in [7, 11) is 0. The van der Waals surface area contributed by atoms with Crippen LogP contribution in [0.15, 0.2) is 18.2 Å². The van der Waals surface area contributed by atoms with Gasteiger partial charge in [-0.15, -0.1) is 0 Å². The molecule has 1 aromatic rings. The topological polar surface area (TPSA) is 38.7 Å². The standard InChI is InChI=1S/C24H32O3/c1-14-13-24(26-21(14,4)5)16(3)18-10-12-23(27-24)19-7-8-20(25)15(2)17(19)9-11-22(18,23)6/h7-9,11,14,16,18,25H,10,12-13H2,1-6H3/t14-,16?,18?,22+,23?,24?/m0/s1. The minimum absolute atomic E-state index is 0.0343. The molecule has 2 bridgehead atoms. The van der Waals surface area contributed by atoms with E-state index in [2.05, 4.69) is 52.8 Å². The number of fused-ring (bicyclic) bond motifs is 1. The Hall–Kier alpha value is -1.32. The lowest BCUT2D eigenvalue weighted by Crippen LogP contribution is -2.61. The molecule has 146 valence electrons. The van der Waals surface area contributed by atoms with E-state index in [1.54, 1.807) is 0 Å². The number of ether oxygens (including phenoxy) is 2. The van der Waals surface area contributed by atoms with Crippen LogP contribution in [-0.2, 0) is 15.1 Å². The van der Waals surface area contributed by atoms with Crippen molar-refractivity contribution in [1.29, 1.82) is 0 Å². The molecule has 1 N–H and O–H groups in total. The van der Waals surface area contributed by atoms with Crippen LogP contribution < -0.4 is 0 Å². The molecule has 2 heterocycles. The lowest BCUT2D eigenvalue weighted by atomic mass is 9.58. The van der Waals surface area contributed by atoms with E-state index in [-0.39, 0.29) is 16.6 Å². The second-order valence-electron chi connectivity index (χ2n) is 10.3. The highest BCUT2D eigenvalue weighted by molar-refractivity contribution is 5.67. The van der Waals surface area contributed by atoms with E-state index >= 15 is 0 Å². The Morgan fingerprint density at radius 1 is 1.11 bits per heavy atom. The van der Waals surface area contributed by atoms with Crippen LogP contribution in [-0.4, -0.2) is 16.5 Å². The van der Waals surface area contributed by atoms with Gasteiger partial charge in [0.15, 0.2) is 5.79 Å². The van der Waals surface area contributed by atoms with E-state index in [0.717, 1.165) is 30.4 Å². The van der Waals surface area contributed by atoms with Crippen molar-refractivity contribution in [1.82, 2.24) is 0 Å². The molecule has 1 saturated carbocycles. The normalized spacial score (nSPS) is 46.5. The molecule has 6 atom stereocenters. The van der Waals surface area contributed by atoms with Crippen molar-refractivity contribution in [2.75, 3.05) is 0 Å². The summed E-state index contributed by atoms with van der Waals surface area (Å²) in [6.45, 7) is 13.4. The molecule has 2 saturated heterocycles. The third-order valence-electron chi connectivity index (χ3n) is 8.82. The zero-order valence-corrected chi connectivity index (χ0v) is 17.4. The first kappa shape index (κ1) is 17.8. The Labute approximate surface area is 162 Å². The zero-order chi connectivity index (χ0) is 19.4. The van der Waals surface area contributed by atoms with Crippen molar-refractivity contribution in [2.24, 2.45) is 23.2 Å². The second kappa shape index (κ2) is 4.99. The van der Waals surface area contributed by atoms with Gasteiger partial charge in [-0.05, 0) is 68.2 Å². The maximum atomic E-state index is 10.3. The van der Waals surface area contributed by atoms with Gasteiger partial charge in [-0.2, -0.15) is 0 Å². The van der Waals surface area contributed by atoms with E-state index in [1.807, 2.05) is 13.0 Å². The van der Waals surface area contributed by atoms with Crippen LogP contribution in [0.2, 0.25) is 0 Å². The first-order chi connectivity index (χ1) is 12.6. The summed E-state index contributed by atoms with van der Waals surface area (Å²) in [5, 5.41) is 10.3. The molecule has 3 fully saturated rings. The largest absolute Gasteiger partial charge is 0.508 e. The molecule has 4 unspecified atom stereocenters. The maximum Gasteiger partial charge on any atom is 0.173 e. The van der Waals surface area contributed by atoms with Gasteiger partial charge in [0.25, 0.3) is 0 Å². The number of aromatic hydroxyl groups is 1. The van der Waals surface area contributed by atoms with Crippen LogP contribution in [0.3, 0.4) is 0 Å². The van der Waals surface area contributed by atoms with E-state index in [0.29, 0.717) is 23.5 Å². The number of rotatable bonds is 0. The molecule has 2 aliphatic heterocycles. The van der Waals surface area contributed by atoms with Crippen molar-refractivity contribution in [3.05, 3.63) is 34.9 Å². The van der Waals surface area contributed by atoms with Crippen LogP contribution in [0.25, 0.3) is 6.08 Å². The Bertz CT molecular complexity index is 855. The molecule has 0 amide bonds. The molecule has 0 aromatic heterocycles. The molecule has 0 radical (unpaired) electrons. The second-order valence-corrected chi connectivity index (χ2v) is 10.3. The van der Waals surface area contributed by atoms with E-state index in [4.69, 9.17) is 9.47 Å². The Morgan fingerprint density at radius 2 is 1.85 bits per heavy atom. The van der Waals surface area contributed by atoms with Gasteiger partial charge in [0.2, 0.25) is 0 Å². The van der Waals surface area contributed by atoms with Crippen LogP contribution in [0.4, 0.5) is 0 Å². The fourth-order valence-corrected chi connectivity index (χ4v) is 6.73. The van der Waals surface area contributed by atoms with Crippen molar-refractivity contribution in [3.63, 3.8) is 0 Å². The molecule has 3 heteroatoms. The summed E-state index contributed by atoms with van der Waals surface area (Å²) in [6, 6.07) is 3.93. The Kier molecular flexibility index (Phi) is 3.28. The number of hydrogen-bond donors (Lipinski definition) is 1. The molecule has 5 rings (SSSR count). The van der Waals surface area contributed by atoms with E-state index in [9.17, 15) is 5.11 Å². The SMILES string of the molecule is Cc1c(O)ccc2c1C=C[C@]1(C)C3CCC21OC1(C[C@H](C)C(C)(C)O1)C3C. The molecule has 3 nitrogen and oxygen atoms in total. The van der Waals surface area contributed by atoms with Crippen molar-refractivity contribution < 1.29 is 14.6 Å². The van der Waals surface area contributed by atoms with Gasteiger partial charge in [-0.1, -0.05) is 39.0 Å². The monoisotopic (exact) mass is 368 g/mol. The first-order valence-electron chi connectivity index (χ1n) is 10.5. The predicted octanol–water partition coefficient (Wildman–Crippen LogP) is 5.54. The minimum Gasteiger partial charge on any atom is -0.508 e. The quantitative estimate of drug-likeness (QED) is 0.654. The summed E-state index contributed by atoms with van der Waals surface area (Å²) >= 11 is 0. The number of phenolic OH excluding ortho intramolecular Hbond substituents is 1. The molecule has 4 aliphatic rings. The van der Waals surface area contributed by atoms with Crippen LogP contribution in [0.1, 0.15) is 70.6 Å². The highest BCUT2D eigenvalue weighted by Gasteiger charge is 2.72. The van der Waals surface area contributed by atoms with Gasteiger partial charge in [-0.3, -0.25) is 0 Å². The fraction of sp³-hybridized carbons (Fsp3) is 0.667. The van der Waals surface area contributed by atoms with Crippen LogP contribution in [0, 0.1) is 30.1 Å². The van der Waals surface area contributed by atoms with Crippen molar-refractivity contribution >= 4 is 6.08 Å². The maximum absolute atomic E-state index is 10.3. The molecule has 2 aliphatic carbocycles. The zero-order valence-electron chi connectivity index (χ0n) is 17.4. The Morgan fingerprint density at radius 3 is 2.52 bits per heavy atom. The molecule has 1 aromatic carbocycles. The predicted molar refractivity (Wildman–Crippen MR) is 106 cm³/mol. The average molecular weight is 369 g/mol. The van der Waals surface area contributed by atoms with Crippen LogP contribution >= 0.6 is 0 Å². The van der Waals surface area contributed by atoms with E-state index in [1.165, 1.54) is 5.56 Å². The molecular formula is C24H32O3. The van der Waals surface area contributed by atoms with Gasteiger partial charge >= 0.3 is 0 Å². The third kappa shape index (κ3) is 1.90. The molecular weight excluding hydrogens is 336 g/mol. The van der Waals surface area contributed by atoms with Gasteiger partial charge in [0.05, 0.1) is 5.60 Å². The van der Waals surface area contributed by atoms with Crippen molar-refractivity contribution in [2.45, 2.75) is 77.8 Å². The minimum atomic E-state index is -0.516. The summed E-state index contributed by atoms with van der Waals surface area (Å²) in [6.07, 6.45) is 7.70. The average Bonchev–Trinajstić information content (AvgIpc) is 2.96. The highest BCUT2D eigenvalue weighted by Crippen LogP contribution is 2.71. The first-order valence-corrected chi connectivity index (χ1v) is 10.5. The van der Waals surface area contributed by atoms with E-state index < -0.39 is 5.79 Å². The summed E-state index contributed by atoms with van der Waals surface area (Å²) in [4.78, 5) is 0. The van der Waals surface area contributed by atoms with Crippen LogP contribution in [0.5, 0.6) is 5.75 Å². The van der Waals surface area contributed by atoms with Crippen molar-refractivity contribution in [3.8, 4) is 5.75 Å². The third-order valence-corrected chi connectivity index (χ3v) is 8.82. The smallest absolute Gasteiger partial charge is 0.173 e. The summed E-state index contributed by atoms with van der Waals surface area (Å²) < 4.78 is 13.9. The lowest BCUT2D eigenvalue weighted by molar-refractivity contribution is -0.365. The lowest BCUT2D eigenvalue weighted by Gasteiger charge is -2.59.